The maximum Gasteiger partial charge on any atom is 0.0488 e. The molecule has 0 amide bonds. The van der Waals surface area contributed by atoms with Gasteiger partial charge in [-0.3, -0.25) is 0 Å². The van der Waals surface area contributed by atoms with Crippen LogP contribution in [-0.2, 0) is 0 Å². The van der Waals surface area contributed by atoms with E-state index in [2.05, 4.69) is 49.7 Å². The molecule has 0 bridgehead atoms. The van der Waals surface area contributed by atoms with Crippen LogP contribution in [0.15, 0.2) is 24.4 Å². The van der Waals surface area contributed by atoms with Gasteiger partial charge in [-0.15, -0.1) is 0 Å². The van der Waals surface area contributed by atoms with Crippen LogP contribution in [0, 0.1) is 19.8 Å². The molecule has 1 heteroatoms. The molecule has 0 aliphatic heterocycles. The third-order valence-corrected chi connectivity index (χ3v) is 4.61. The van der Waals surface area contributed by atoms with E-state index in [0.717, 1.165) is 5.92 Å². The van der Waals surface area contributed by atoms with E-state index in [1.165, 1.54) is 47.7 Å². The first-order valence-corrected chi connectivity index (χ1v) is 7.24. The van der Waals surface area contributed by atoms with E-state index in [-0.39, 0.29) is 0 Å². The number of aromatic nitrogens is 1. The zero-order valence-electron chi connectivity index (χ0n) is 11.7. The van der Waals surface area contributed by atoms with Crippen LogP contribution in [0.2, 0.25) is 0 Å². The fourth-order valence-corrected chi connectivity index (χ4v) is 3.62. The van der Waals surface area contributed by atoms with Crippen LogP contribution in [0.5, 0.6) is 0 Å². The van der Waals surface area contributed by atoms with Crippen LogP contribution in [0.1, 0.15) is 49.8 Å². The normalized spacial score (nSPS) is 24.6. The monoisotopic (exact) mass is 241 g/mol. The second-order valence-electron chi connectivity index (χ2n) is 6.07. The number of nitrogens with zero attached hydrogens (tertiary/aromatic N) is 1. The summed E-state index contributed by atoms with van der Waals surface area (Å²) in [7, 11) is 0. The first kappa shape index (κ1) is 11.8. The van der Waals surface area contributed by atoms with E-state index < -0.39 is 0 Å². The van der Waals surface area contributed by atoms with Gasteiger partial charge in [-0.25, -0.2) is 0 Å². The van der Waals surface area contributed by atoms with E-state index in [9.17, 15) is 0 Å². The third kappa shape index (κ3) is 1.86. The molecule has 0 spiro atoms. The van der Waals surface area contributed by atoms with Gasteiger partial charge in [0.15, 0.2) is 0 Å². The van der Waals surface area contributed by atoms with Crippen LogP contribution in [0.4, 0.5) is 0 Å². The summed E-state index contributed by atoms with van der Waals surface area (Å²) in [6.45, 7) is 6.84. The van der Waals surface area contributed by atoms with Gasteiger partial charge in [0.2, 0.25) is 0 Å². The first-order chi connectivity index (χ1) is 8.66. The van der Waals surface area contributed by atoms with Gasteiger partial charge < -0.3 is 4.57 Å². The molecule has 0 radical (unpaired) electrons. The van der Waals surface area contributed by atoms with Gasteiger partial charge in [-0.05, 0) is 55.9 Å². The molecule has 1 heterocycles. The minimum atomic E-state index is 0.706. The zero-order valence-corrected chi connectivity index (χ0v) is 11.7. The molecule has 1 saturated carbocycles. The Morgan fingerprint density at radius 1 is 1.11 bits per heavy atom. The fourth-order valence-electron chi connectivity index (χ4n) is 3.62. The lowest BCUT2D eigenvalue weighted by atomic mass is 9.85. The number of rotatable bonds is 1. The molecule has 2 aromatic rings. The van der Waals surface area contributed by atoms with Gasteiger partial charge in [0.05, 0.1) is 0 Å². The third-order valence-electron chi connectivity index (χ3n) is 4.61. The van der Waals surface area contributed by atoms with E-state index in [1.807, 2.05) is 0 Å². The highest BCUT2D eigenvalue weighted by Crippen LogP contribution is 2.36. The predicted molar refractivity (Wildman–Crippen MR) is 78.1 cm³/mol. The van der Waals surface area contributed by atoms with Crippen molar-refractivity contribution < 1.29 is 0 Å². The van der Waals surface area contributed by atoms with E-state index in [1.54, 1.807) is 0 Å². The minimum absolute atomic E-state index is 0.706. The van der Waals surface area contributed by atoms with E-state index in [0.29, 0.717) is 6.04 Å². The molecule has 0 saturated heterocycles. The lowest BCUT2D eigenvalue weighted by molar-refractivity contribution is 0.263. The van der Waals surface area contributed by atoms with Crippen molar-refractivity contribution >= 4 is 10.9 Å². The van der Waals surface area contributed by atoms with Crippen LogP contribution in [0.3, 0.4) is 0 Å². The maximum atomic E-state index is 2.54. The van der Waals surface area contributed by atoms with Crippen LogP contribution < -0.4 is 0 Å². The lowest BCUT2D eigenvalue weighted by Gasteiger charge is -2.31. The van der Waals surface area contributed by atoms with Gasteiger partial charge >= 0.3 is 0 Å². The van der Waals surface area contributed by atoms with Crippen molar-refractivity contribution in [3.8, 4) is 0 Å². The largest absolute Gasteiger partial charge is 0.344 e. The standard InChI is InChI=1S/C17H23N/c1-12-10-14(3)15-8-9-18(17(15)11-12)16-7-5-4-6-13(16)2/h8-11,13,16H,4-7H2,1-3H3. The summed E-state index contributed by atoms with van der Waals surface area (Å²) in [6.07, 6.45) is 7.84. The molecular weight excluding hydrogens is 218 g/mol. The summed E-state index contributed by atoms with van der Waals surface area (Å²) in [5.74, 6) is 0.815. The molecule has 3 rings (SSSR count). The van der Waals surface area contributed by atoms with Crippen molar-refractivity contribution in [3.05, 3.63) is 35.5 Å². The van der Waals surface area contributed by atoms with Gasteiger partial charge in [0.1, 0.15) is 0 Å². The summed E-state index contributed by atoms with van der Waals surface area (Å²) in [5.41, 5.74) is 4.22. The number of hydrogen-bond donors (Lipinski definition) is 0. The highest BCUT2D eigenvalue weighted by atomic mass is 15.0. The smallest absolute Gasteiger partial charge is 0.0488 e. The topological polar surface area (TPSA) is 4.93 Å². The van der Waals surface area contributed by atoms with Crippen molar-refractivity contribution in [3.63, 3.8) is 0 Å². The molecule has 1 fully saturated rings. The van der Waals surface area contributed by atoms with Gasteiger partial charge in [-0.1, -0.05) is 25.8 Å². The highest BCUT2D eigenvalue weighted by molar-refractivity contribution is 5.84. The average Bonchev–Trinajstić information content (AvgIpc) is 2.73. The van der Waals surface area contributed by atoms with Crippen LogP contribution in [-0.4, -0.2) is 4.57 Å². The van der Waals surface area contributed by atoms with Crippen molar-refractivity contribution in [2.75, 3.05) is 0 Å². The molecule has 1 aliphatic rings. The lowest BCUT2D eigenvalue weighted by Crippen LogP contribution is -2.20. The average molecular weight is 241 g/mol. The molecule has 1 aromatic heterocycles. The molecule has 2 unspecified atom stereocenters. The second-order valence-corrected chi connectivity index (χ2v) is 6.07. The Morgan fingerprint density at radius 2 is 1.89 bits per heavy atom. The van der Waals surface area contributed by atoms with Gasteiger partial charge in [0.25, 0.3) is 0 Å². The van der Waals surface area contributed by atoms with E-state index >= 15 is 0 Å². The summed E-state index contributed by atoms with van der Waals surface area (Å²) < 4.78 is 2.54. The molecule has 2 atom stereocenters. The molecule has 1 aliphatic carbocycles. The Labute approximate surface area is 110 Å². The Kier molecular flexibility index (Phi) is 2.93. The fraction of sp³-hybridized carbons (Fsp3) is 0.529. The van der Waals surface area contributed by atoms with Crippen LogP contribution >= 0.6 is 0 Å². The zero-order chi connectivity index (χ0) is 12.7. The maximum absolute atomic E-state index is 2.54. The summed E-state index contributed by atoms with van der Waals surface area (Å²) in [4.78, 5) is 0. The number of fused-ring (bicyclic) bond motifs is 1. The molecule has 1 nitrogen and oxygen atoms in total. The van der Waals surface area contributed by atoms with Crippen LogP contribution in [0.25, 0.3) is 10.9 Å². The summed E-state index contributed by atoms with van der Waals surface area (Å²) in [6, 6.07) is 7.64. The molecular formula is C17H23N. The Morgan fingerprint density at radius 3 is 2.67 bits per heavy atom. The number of aryl methyl sites for hydroxylation is 2. The minimum Gasteiger partial charge on any atom is -0.344 e. The number of hydrogen-bond acceptors (Lipinski definition) is 0. The van der Waals surface area contributed by atoms with Gasteiger partial charge in [-0.2, -0.15) is 0 Å². The molecule has 96 valence electrons. The van der Waals surface area contributed by atoms with Crippen molar-refractivity contribution in [1.29, 1.82) is 0 Å². The highest BCUT2D eigenvalue weighted by Gasteiger charge is 2.23. The Bertz CT molecular complexity index is 564. The molecule has 1 aromatic carbocycles. The first-order valence-electron chi connectivity index (χ1n) is 7.24. The Hall–Kier alpha value is -1.24. The van der Waals surface area contributed by atoms with Crippen molar-refractivity contribution in [1.82, 2.24) is 4.57 Å². The predicted octanol–water partition coefficient (Wildman–Crippen LogP) is 5.01. The Balaban J connectivity index is 2.11. The second kappa shape index (κ2) is 4.46. The van der Waals surface area contributed by atoms with Crippen molar-refractivity contribution in [2.24, 2.45) is 5.92 Å². The van der Waals surface area contributed by atoms with Gasteiger partial charge in [0, 0.05) is 23.1 Å². The summed E-state index contributed by atoms with van der Waals surface area (Å²) in [5, 5.41) is 1.43. The number of benzene rings is 1. The quantitative estimate of drug-likeness (QED) is 0.661. The van der Waals surface area contributed by atoms with E-state index in [4.69, 9.17) is 0 Å². The molecule has 18 heavy (non-hydrogen) atoms. The SMILES string of the molecule is Cc1cc(C)c2ccn(C3CCCCC3C)c2c1. The summed E-state index contributed by atoms with van der Waals surface area (Å²) >= 11 is 0. The van der Waals surface area contributed by atoms with Crippen molar-refractivity contribution in [2.45, 2.75) is 52.5 Å². The molecule has 0 N–H and O–H groups in total.